The highest BCUT2D eigenvalue weighted by molar-refractivity contribution is 4.63. The molecular formula is C18H36O. The molecule has 0 spiro atoms. The van der Waals surface area contributed by atoms with Crippen LogP contribution in [0.15, 0.2) is 12.8 Å². The third-order valence-electron chi connectivity index (χ3n) is 3.80. The summed E-state index contributed by atoms with van der Waals surface area (Å²) in [6, 6.07) is 0. The van der Waals surface area contributed by atoms with Crippen LogP contribution in [0.2, 0.25) is 0 Å². The molecule has 0 fully saturated rings. The maximum atomic E-state index is 5.61. The molecular weight excluding hydrogens is 232 g/mol. The summed E-state index contributed by atoms with van der Waals surface area (Å²) in [6.07, 6.45) is 19.5. The summed E-state index contributed by atoms with van der Waals surface area (Å²) < 4.78 is 5.61. The third kappa shape index (κ3) is 13.8. The molecule has 19 heavy (non-hydrogen) atoms. The van der Waals surface area contributed by atoms with Crippen LogP contribution in [-0.2, 0) is 4.74 Å². The van der Waals surface area contributed by atoms with Gasteiger partial charge in [0.2, 0.25) is 0 Å². The Hall–Kier alpha value is -0.460. The maximum Gasteiger partial charge on any atom is 0.0978 e. The number of rotatable bonds is 15. The maximum absolute atomic E-state index is 5.61. The van der Waals surface area contributed by atoms with Crippen molar-refractivity contribution in [1.82, 2.24) is 0 Å². The highest BCUT2D eigenvalue weighted by Crippen LogP contribution is 2.16. The monoisotopic (exact) mass is 268 g/mol. The normalized spacial score (nSPS) is 12.3. The molecule has 0 aliphatic heterocycles. The molecule has 0 N–H and O–H groups in total. The lowest BCUT2D eigenvalue weighted by molar-refractivity contribution is 0.121. The van der Waals surface area contributed by atoms with Crippen molar-refractivity contribution in [3.63, 3.8) is 0 Å². The van der Waals surface area contributed by atoms with Gasteiger partial charge in [-0.15, -0.1) is 0 Å². The van der Waals surface area contributed by atoms with Crippen molar-refractivity contribution in [3.8, 4) is 0 Å². The van der Waals surface area contributed by atoms with Crippen LogP contribution in [0, 0.1) is 0 Å². The Kier molecular flexibility index (Phi) is 15.2. The van der Waals surface area contributed by atoms with Gasteiger partial charge >= 0.3 is 0 Å². The van der Waals surface area contributed by atoms with Crippen molar-refractivity contribution in [2.24, 2.45) is 0 Å². The molecule has 0 amide bonds. The molecule has 0 bridgehead atoms. The van der Waals surface area contributed by atoms with E-state index in [1.54, 1.807) is 6.26 Å². The summed E-state index contributed by atoms with van der Waals surface area (Å²) in [6.45, 7) is 8.22. The Morgan fingerprint density at radius 2 is 1.16 bits per heavy atom. The fourth-order valence-corrected chi connectivity index (χ4v) is 2.54. The van der Waals surface area contributed by atoms with Crippen LogP contribution in [0.4, 0.5) is 0 Å². The molecule has 0 saturated carbocycles. The minimum Gasteiger partial charge on any atom is -0.499 e. The van der Waals surface area contributed by atoms with Gasteiger partial charge in [-0.3, -0.25) is 0 Å². The van der Waals surface area contributed by atoms with E-state index in [-0.39, 0.29) is 0 Å². The highest BCUT2D eigenvalue weighted by Gasteiger charge is 2.07. The minimum absolute atomic E-state index is 0.421. The second-order valence-corrected chi connectivity index (χ2v) is 5.68. The lowest BCUT2D eigenvalue weighted by atomic mass is 10.0. The van der Waals surface area contributed by atoms with Gasteiger partial charge < -0.3 is 4.74 Å². The molecule has 0 rings (SSSR count). The van der Waals surface area contributed by atoms with Crippen LogP contribution in [-0.4, -0.2) is 6.10 Å². The molecule has 0 aromatic rings. The van der Waals surface area contributed by atoms with E-state index < -0.39 is 0 Å². The average Bonchev–Trinajstić information content (AvgIpc) is 2.42. The highest BCUT2D eigenvalue weighted by atomic mass is 16.5. The first kappa shape index (κ1) is 18.5. The summed E-state index contributed by atoms with van der Waals surface area (Å²) in [4.78, 5) is 0. The predicted octanol–water partition coefficient (Wildman–Crippen LogP) is 6.63. The fraction of sp³-hybridized carbons (Fsp3) is 0.889. The van der Waals surface area contributed by atoms with Gasteiger partial charge in [0.05, 0.1) is 12.4 Å². The van der Waals surface area contributed by atoms with Crippen LogP contribution >= 0.6 is 0 Å². The Bertz CT molecular complexity index is 177. The van der Waals surface area contributed by atoms with Gasteiger partial charge in [0.25, 0.3) is 0 Å². The molecule has 0 aromatic carbocycles. The van der Waals surface area contributed by atoms with Crippen molar-refractivity contribution in [2.45, 2.75) is 103 Å². The minimum atomic E-state index is 0.421. The van der Waals surface area contributed by atoms with Gasteiger partial charge in [-0.25, -0.2) is 0 Å². The molecule has 114 valence electrons. The van der Waals surface area contributed by atoms with Crippen LogP contribution < -0.4 is 0 Å². The molecule has 0 aliphatic carbocycles. The average molecular weight is 268 g/mol. The standard InChI is InChI=1S/C18H36O/c1-4-7-9-10-11-12-13-15-17-18(19-6-3)16-14-8-5-2/h6,18H,3-5,7-17H2,1-2H3. The van der Waals surface area contributed by atoms with Crippen molar-refractivity contribution in [1.29, 1.82) is 0 Å². The van der Waals surface area contributed by atoms with Gasteiger partial charge in [0.1, 0.15) is 0 Å². The first-order valence-corrected chi connectivity index (χ1v) is 8.61. The van der Waals surface area contributed by atoms with E-state index in [1.165, 1.54) is 83.5 Å². The summed E-state index contributed by atoms with van der Waals surface area (Å²) in [5.74, 6) is 0. The van der Waals surface area contributed by atoms with Gasteiger partial charge in [0.15, 0.2) is 0 Å². The zero-order chi connectivity index (χ0) is 14.2. The second-order valence-electron chi connectivity index (χ2n) is 5.68. The van der Waals surface area contributed by atoms with E-state index >= 15 is 0 Å². The van der Waals surface area contributed by atoms with Crippen molar-refractivity contribution >= 4 is 0 Å². The van der Waals surface area contributed by atoms with E-state index in [0.29, 0.717) is 6.10 Å². The SMILES string of the molecule is C=COC(CCCCC)CCCCCCCCCC. The lowest BCUT2D eigenvalue weighted by Crippen LogP contribution is -2.09. The second kappa shape index (κ2) is 15.6. The Morgan fingerprint density at radius 3 is 1.68 bits per heavy atom. The molecule has 1 nitrogen and oxygen atoms in total. The van der Waals surface area contributed by atoms with E-state index in [2.05, 4.69) is 20.4 Å². The number of unbranched alkanes of at least 4 members (excludes halogenated alkanes) is 9. The van der Waals surface area contributed by atoms with Crippen LogP contribution in [0.3, 0.4) is 0 Å². The zero-order valence-electron chi connectivity index (χ0n) is 13.5. The zero-order valence-corrected chi connectivity index (χ0v) is 13.5. The number of hydrogen-bond acceptors (Lipinski definition) is 1. The molecule has 1 unspecified atom stereocenters. The van der Waals surface area contributed by atoms with Gasteiger partial charge in [-0.2, -0.15) is 0 Å². The molecule has 0 aromatic heterocycles. The molecule has 1 atom stereocenters. The van der Waals surface area contributed by atoms with Crippen molar-refractivity contribution in [3.05, 3.63) is 12.8 Å². The summed E-state index contributed by atoms with van der Waals surface area (Å²) in [5, 5.41) is 0. The van der Waals surface area contributed by atoms with Crippen molar-refractivity contribution < 1.29 is 4.74 Å². The lowest BCUT2D eigenvalue weighted by Gasteiger charge is -2.16. The number of hydrogen-bond donors (Lipinski definition) is 0. The summed E-state index contributed by atoms with van der Waals surface area (Å²) in [5.41, 5.74) is 0. The van der Waals surface area contributed by atoms with Crippen molar-refractivity contribution in [2.75, 3.05) is 0 Å². The molecule has 0 aliphatic rings. The van der Waals surface area contributed by atoms with E-state index in [4.69, 9.17) is 4.74 Å². The third-order valence-corrected chi connectivity index (χ3v) is 3.80. The van der Waals surface area contributed by atoms with Gasteiger partial charge in [0, 0.05) is 0 Å². The Balaban J connectivity index is 3.39. The first-order valence-electron chi connectivity index (χ1n) is 8.61. The molecule has 0 heterocycles. The fourth-order valence-electron chi connectivity index (χ4n) is 2.54. The summed E-state index contributed by atoms with van der Waals surface area (Å²) in [7, 11) is 0. The Morgan fingerprint density at radius 1 is 0.737 bits per heavy atom. The topological polar surface area (TPSA) is 9.23 Å². The predicted molar refractivity (Wildman–Crippen MR) is 86.4 cm³/mol. The van der Waals surface area contributed by atoms with Crippen LogP contribution in [0.25, 0.3) is 0 Å². The smallest absolute Gasteiger partial charge is 0.0978 e. The van der Waals surface area contributed by atoms with Gasteiger partial charge in [-0.05, 0) is 25.7 Å². The first-order chi connectivity index (χ1) is 9.35. The Labute approximate surface area is 121 Å². The molecule has 0 saturated heterocycles. The van der Waals surface area contributed by atoms with Crippen LogP contribution in [0.5, 0.6) is 0 Å². The molecule has 1 heteroatoms. The van der Waals surface area contributed by atoms with E-state index in [9.17, 15) is 0 Å². The van der Waals surface area contributed by atoms with E-state index in [1.807, 2.05) is 0 Å². The molecule has 0 radical (unpaired) electrons. The van der Waals surface area contributed by atoms with E-state index in [0.717, 1.165) is 0 Å². The summed E-state index contributed by atoms with van der Waals surface area (Å²) >= 11 is 0. The number of ether oxygens (including phenoxy) is 1. The largest absolute Gasteiger partial charge is 0.499 e. The quantitative estimate of drug-likeness (QED) is 0.239. The van der Waals surface area contributed by atoms with Crippen LogP contribution in [0.1, 0.15) is 97.3 Å². The van der Waals surface area contributed by atoms with Gasteiger partial charge in [-0.1, -0.05) is 78.2 Å².